The highest BCUT2D eigenvalue weighted by Crippen LogP contribution is 2.27. The number of aromatic nitrogens is 2. The molecular weight excluding hydrogens is 719 g/mol. The molecule has 1 fully saturated rings. The Morgan fingerprint density at radius 3 is 2.26 bits per heavy atom. The first-order valence-electron chi connectivity index (χ1n) is 18.7. The number of rotatable bonds is 15. The van der Waals surface area contributed by atoms with Crippen molar-refractivity contribution in [3.63, 3.8) is 0 Å². The second-order valence-corrected chi connectivity index (χ2v) is 14.2. The summed E-state index contributed by atoms with van der Waals surface area (Å²) in [7, 11) is 7.32. The molecule has 0 atom stereocenters. The summed E-state index contributed by atoms with van der Waals surface area (Å²) in [4.78, 5) is 66.6. The molecule has 292 valence electrons. The molecule has 6 rings (SSSR count). The smallest absolute Gasteiger partial charge is 0.324 e. The number of nitrogens with zero attached hydrogens (tertiary/aromatic N) is 6. The van der Waals surface area contributed by atoms with Crippen LogP contribution in [0, 0.1) is 0 Å². The minimum absolute atomic E-state index is 0.0474. The highest BCUT2D eigenvalue weighted by atomic mass is 16.2. The molecule has 0 radical (unpaired) electrons. The Bertz CT molecular complexity index is 2220. The molecule has 0 spiro atoms. The predicted molar refractivity (Wildman–Crippen MR) is 225 cm³/mol. The molecule has 0 saturated carbocycles. The average molecular weight is 766 g/mol. The number of carbonyl (C=O) groups is 4. The molecular formula is C44H47N9O4. The molecule has 5 amide bonds. The molecule has 1 saturated heterocycles. The van der Waals surface area contributed by atoms with E-state index in [1.807, 2.05) is 110 Å². The van der Waals surface area contributed by atoms with E-state index in [1.54, 1.807) is 53.5 Å². The van der Waals surface area contributed by atoms with Gasteiger partial charge >= 0.3 is 6.03 Å². The molecule has 3 N–H and O–H groups in total. The van der Waals surface area contributed by atoms with Crippen LogP contribution in [0.3, 0.4) is 0 Å². The lowest BCUT2D eigenvalue weighted by atomic mass is 10.1. The van der Waals surface area contributed by atoms with Crippen molar-refractivity contribution in [2.45, 2.75) is 19.4 Å². The average Bonchev–Trinajstić information content (AvgIpc) is 3.57. The van der Waals surface area contributed by atoms with Gasteiger partial charge in [0.2, 0.25) is 11.8 Å². The van der Waals surface area contributed by atoms with Gasteiger partial charge in [-0.25, -0.2) is 9.78 Å². The quantitative estimate of drug-likeness (QED) is 0.101. The topological polar surface area (TPSA) is 143 Å². The maximum Gasteiger partial charge on any atom is 0.324 e. The fourth-order valence-electron chi connectivity index (χ4n) is 6.22. The Balaban J connectivity index is 0.965. The number of benzene rings is 3. The lowest BCUT2D eigenvalue weighted by molar-refractivity contribution is -0.116. The van der Waals surface area contributed by atoms with Crippen LogP contribution in [0.5, 0.6) is 0 Å². The summed E-state index contributed by atoms with van der Waals surface area (Å²) in [5.74, 6) is 0.264. The summed E-state index contributed by atoms with van der Waals surface area (Å²) in [6.45, 7) is 2.18. The predicted octanol–water partition coefficient (Wildman–Crippen LogP) is 6.66. The van der Waals surface area contributed by atoms with Gasteiger partial charge in [0.05, 0.1) is 23.8 Å². The summed E-state index contributed by atoms with van der Waals surface area (Å²) in [5.41, 5.74) is 7.12. The number of anilines is 5. The van der Waals surface area contributed by atoms with E-state index in [2.05, 4.69) is 25.9 Å². The molecule has 0 aliphatic carbocycles. The third-order valence-electron chi connectivity index (χ3n) is 9.22. The van der Waals surface area contributed by atoms with Crippen LogP contribution in [-0.2, 0) is 22.6 Å². The highest BCUT2D eigenvalue weighted by Gasteiger charge is 2.30. The Hall–Kier alpha value is -6.86. The van der Waals surface area contributed by atoms with Crippen molar-refractivity contribution >= 4 is 52.3 Å². The molecule has 13 heteroatoms. The van der Waals surface area contributed by atoms with E-state index in [0.717, 1.165) is 22.3 Å². The van der Waals surface area contributed by atoms with Gasteiger partial charge in [-0.05, 0) is 91.8 Å². The summed E-state index contributed by atoms with van der Waals surface area (Å²) < 4.78 is 0. The first kappa shape index (κ1) is 39.8. The van der Waals surface area contributed by atoms with Gasteiger partial charge in [-0.1, -0.05) is 42.5 Å². The van der Waals surface area contributed by atoms with Gasteiger partial charge in [0.15, 0.2) is 0 Å². The zero-order chi connectivity index (χ0) is 40.3. The van der Waals surface area contributed by atoms with E-state index >= 15 is 0 Å². The number of carbonyl (C=O) groups excluding carboxylic acids is 4. The molecule has 57 heavy (non-hydrogen) atoms. The molecule has 1 aliphatic heterocycles. The molecule has 13 nitrogen and oxygen atoms in total. The van der Waals surface area contributed by atoms with Crippen LogP contribution in [0.25, 0.3) is 11.1 Å². The molecule has 0 bridgehead atoms. The number of amides is 5. The van der Waals surface area contributed by atoms with Crippen molar-refractivity contribution in [1.82, 2.24) is 24.7 Å². The minimum Gasteiger partial charge on any atom is -0.345 e. The SMILES string of the molecule is CN(C)C/C=C/C(=O)Nc1cccc(CCC(=O)Nc2ccc(CN3CCN(c4cncc(Nc5ccc(-c6ccc(C(=O)N(C)C)cc6)cn5)c4)C3=O)cc2)c1. The lowest BCUT2D eigenvalue weighted by Crippen LogP contribution is -2.31. The summed E-state index contributed by atoms with van der Waals surface area (Å²) in [6, 6.07) is 28.0. The van der Waals surface area contributed by atoms with E-state index in [-0.39, 0.29) is 30.2 Å². The highest BCUT2D eigenvalue weighted by molar-refractivity contribution is 5.99. The van der Waals surface area contributed by atoms with Crippen molar-refractivity contribution < 1.29 is 19.2 Å². The number of likely N-dealkylation sites (N-methyl/N-ethyl adjacent to an activating group) is 1. The van der Waals surface area contributed by atoms with Gasteiger partial charge in [-0.2, -0.15) is 0 Å². The van der Waals surface area contributed by atoms with E-state index < -0.39 is 0 Å². The first-order valence-corrected chi connectivity index (χ1v) is 18.7. The zero-order valence-corrected chi connectivity index (χ0v) is 32.6. The molecule has 3 aromatic carbocycles. The molecule has 3 heterocycles. The maximum absolute atomic E-state index is 13.5. The van der Waals surface area contributed by atoms with Crippen LogP contribution in [0.4, 0.5) is 33.4 Å². The summed E-state index contributed by atoms with van der Waals surface area (Å²) in [5, 5.41) is 9.09. The second-order valence-electron chi connectivity index (χ2n) is 14.2. The molecule has 0 unspecified atom stereocenters. The second kappa shape index (κ2) is 18.7. The first-order chi connectivity index (χ1) is 27.5. The summed E-state index contributed by atoms with van der Waals surface area (Å²) >= 11 is 0. The maximum atomic E-state index is 13.5. The van der Waals surface area contributed by atoms with E-state index in [1.165, 1.54) is 6.08 Å². The monoisotopic (exact) mass is 765 g/mol. The minimum atomic E-state index is -0.199. The number of pyridine rings is 2. The van der Waals surface area contributed by atoms with Crippen LogP contribution in [0.1, 0.15) is 27.9 Å². The zero-order valence-electron chi connectivity index (χ0n) is 32.6. The fraction of sp³-hybridized carbons (Fsp3) is 0.227. The van der Waals surface area contributed by atoms with Crippen molar-refractivity contribution in [3.05, 3.63) is 138 Å². The lowest BCUT2D eigenvalue weighted by Gasteiger charge is -2.19. The normalized spacial score (nSPS) is 12.6. The van der Waals surface area contributed by atoms with E-state index in [4.69, 9.17) is 0 Å². The van der Waals surface area contributed by atoms with Gasteiger partial charge in [0.25, 0.3) is 5.91 Å². The Morgan fingerprint density at radius 1 is 0.772 bits per heavy atom. The van der Waals surface area contributed by atoms with E-state index in [0.29, 0.717) is 66.7 Å². The van der Waals surface area contributed by atoms with Crippen LogP contribution >= 0.6 is 0 Å². The van der Waals surface area contributed by atoms with Crippen LogP contribution in [-0.4, -0.2) is 96.2 Å². The largest absolute Gasteiger partial charge is 0.345 e. The Morgan fingerprint density at radius 2 is 1.54 bits per heavy atom. The number of urea groups is 1. The summed E-state index contributed by atoms with van der Waals surface area (Å²) in [6.07, 6.45) is 9.25. The standard InChI is InChI=1S/C44H47N9O4/c1-50(2)22-6-9-41(54)49-37-8-5-7-31(25-37)12-21-42(55)48-36-18-10-32(11-19-36)30-52-23-24-53(44(52)57)39-26-38(28-45-29-39)47-40-20-17-35(27-46-40)33-13-15-34(16-14-33)43(56)51(3)4/h5-11,13-20,25-29H,12,21-24,30H2,1-4H3,(H,46,47)(H,48,55)(H,49,54)/b9-6+. The molecule has 1 aliphatic rings. The van der Waals surface area contributed by atoms with Crippen molar-refractivity contribution in [2.24, 2.45) is 0 Å². The molecule has 5 aromatic rings. The van der Waals surface area contributed by atoms with Crippen LogP contribution in [0.15, 0.2) is 122 Å². The number of nitrogens with one attached hydrogen (secondary N) is 3. The van der Waals surface area contributed by atoms with Crippen molar-refractivity contribution in [1.29, 1.82) is 0 Å². The van der Waals surface area contributed by atoms with Gasteiger partial charge in [0.1, 0.15) is 5.82 Å². The number of hydrogen-bond donors (Lipinski definition) is 3. The van der Waals surface area contributed by atoms with Crippen LogP contribution < -0.4 is 20.9 Å². The molecule has 2 aromatic heterocycles. The van der Waals surface area contributed by atoms with Gasteiger partial charge in [-0.3, -0.25) is 24.3 Å². The number of aryl methyl sites for hydroxylation is 1. The third kappa shape index (κ3) is 11.1. The van der Waals surface area contributed by atoms with E-state index in [9.17, 15) is 19.2 Å². The Labute approximate surface area is 333 Å². The van der Waals surface area contributed by atoms with Crippen molar-refractivity contribution in [3.8, 4) is 11.1 Å². The van der Waals surface area contributed by atoms with Crippen molar-refractivity contribution in [2.75, 3.05) is 68.7 Å². The Kier molecular flexibility index (Phi) is 13.0. The van der Waals surface area contributed by atoms with Crippen LogP contribution in [0.2, 0.25) is 0 Å². The number of hydrogen-bond acceptors (Lipinski definition) is 8. The third-order valence-corrected chi connectivity index (χ3v) is 9.22. The fourth-order valence-corrected chi connectivity index (χ4v) is 6.22. The van der Waals surface area contributed by atoms with Gasteiger partial charge in [-0.15, -0.1) is 0 Å². The van der Waals surface area contributed by atoms with Gasteiger partial charge in [0, 0.05) is 81.5 Å². The van der Waals surface area contributed by atoms with Gasteiger partial charge < -0.3 is 30.7 Å².